The van der Waals surface area contributed by atoms with Gasteiger partial charge in [0.05, 0.1) is 5.69 Å². The van der Waals surface area contributed by atoms with Crippen LogP contribution in [0.2, 0.25) is 0 Å². The third kappa shape index (κ3) is 2.20. The summed E-state index contributed by atoms with van der Waals surface area (Å²) in [5, 5.41) is 10.0. The summed E-state index contributed by atoms with van der Waals surface area (Å²) < 4.78 is 0.893. The molecule has 0 bridgehead atoms. The molecule has 2 rings (SSSR count). The molecule has 0 unspecified atom stereocenters. The van der Waals surface area contributed by atoms with Gasteiger partial charge in [0.15, 0.2) is 5.78 Å². The third-order valence-electron chi connectivity index (χ3n) is 2.70. The SMILES string of the molecule is CCC(=O)c1c(O)n(-c2ccccc2)c(=O)[nH]c1=O. The Bertz CT molecular complexity index is 729. The summed E-state index contributed by atoms with van der Waals surface area (Å²) in [5.74, 6) is -1.16. The van der Waals surface area contributed by atoms with Crippen LogP contribution < -0.4 is 11.2 Å². The topological polar surface area (TPSA) is 92.2 Å². The molecule has 0 aliphatic heterocycles. The normalized spacial score (nSPS) is 10.4. The van der Waals surface area contributed by atoms with Crippen LogP contribution in [0.25, 0.3) is 5.69 Å². The van der Waals surface area contributed by atoms with Gasteiger partial charge in [0, 0.05) is 6.42 Å². The fraction of sp³-hybridized carbons (Fsp3) is 0.154. The predicted molar refractivity (Wildman–Crippen MR) is 68.9 cm³/mol. The zero-order valence-electron chi connectivity index (χ0n) is 10.2. The summed E-state index contributed by atoms with van der Waals surface area (Å²) in [4.78, 5) is 37.0. The van der Waals surface area contributed by atoms with Gasteiger partial charge in [-0.05, 0) is 12.1 Å². The number of hydrogen-bond donors (Lipinski definition) is 2. The Morgan fingerprint density at radius 1 is 1.26 bits per heavy atom. The predicted octanol–water partition coefficient (Wildman–Crippen LogP) is 0.824. The summed E-state index contributed by atoms with van der Waals surface area (Å²) in [7, 11) is 0. The molecule has 0 aliphatic carbocycles. The standard InChI is InChI=1S/C13H12N2O4/c1-2-9(16)10-11(17)14-13(19)15(12(10)18)8-6-4-3-5-7-8/h3-7,18H,2H2,1H3,(H,14,17,19). The van der Waals surface area contributed by atoms with Crippen molar-refractivity contribution in [3.8, 4) is 11.6 Å². The lowest BCUT2D eigenvalue weighted by Gasteiger charge is -2.10. The monoisotopic (exact) mass is 260 g/mol. The number of rotatable bonds is 3. The molecular formula is C13H12N2O4. The van der Waals surface area contributed by atoms with Gasteiger partial charge >= 0.3 is 5.69 Å². The van der Waals surface area contributed by atoms with Crippen molar-refractivity contribution in [1.82, 2.24) is 9.55 Å². The molecule has 0 amide bonds. The van der Waals surface area contributed by atoms with E-state index in [1.54, 1.807) is 37.3 Å². The van der Waals surface area contributed by atoms with E-state index in [1.165, 1.54) is 0 Å². The maximum absolute atomic E-state index is 11.8. The Morgan fingerprint density at radius 2 is 1.89 bits per heavy atom. The summed E-state index contributed by atoms with van der Waals surface area (Å²) in [5.41, 5.74) is -1.69. The number of nitrogens with zero attached hydrogens (tertiary/aromatic N) is 1. The molecule has 0 atom stereocenters. The Hall–Kier alpha value is -2.63. The van der Waals surface area contributed by atoms with Gasteiger partial charge in [-0.3, -0.25) is 14.6 Å². The summed E-state index contributed by atoms with van der Waals surface area (Å²) >= 11 is 0. The van der Waals surface area contributed by atoms with E-state index in [0.717, 1.165) is 4.57 Å². The molecule has 0 saturated heterocycles. The highest BCUT2D eigenvalue weighted by atomic mass is 16.3. The molecule has 6 nitrogen and oxygen atoms in total. The first-order chi connectivity index (χ1) is 9.06. The highest BCUT2D eigenvalue weighted by molar-refractivity contribution is 5.97. The van der Waals surface area contributed by atoms with Crippen LogP contribution in [-0.4, -0.2) is 20.4 Å². The van der Waals surface area contributed by atoms with Gasteiger partial charge in [-0.1, -0.05) is 25.1 Å². The fourth-order valence-corrected chi connectivity index (χ4v) is 1.77. The van der Waals surface area contributed by atoms with Crippen LogP contribution >= 0.6 is 0 Å². The molecule has 0 radical (unpaired) electrons. The van der Waals surface area contributed by atoms with E-state index < -0.39 is 28.5 Å². The molecule has 98 valence electrons. The first-order valence-electron chi connectivity index (χ1n) is 5.73. The van der Waals surface area contributed by atoms with E-state index in [2.05, 4.69) is 0 Å². The highest BCUT2D eigenvalue weighted by Crippen LogP contribution is 2.16. The maximum Gasteiger partial charge on any atom is 0.335 e. The van der Waals surface area contributed by atoms with Crippen molar-refractivity contribution in [1.29, 1.82) is 0 Å². The van der Waals surface area contributed by atoms with Crippen LogP contribution in [0.4, 0.5) is 0 Å². The van der Waals surface area contributed by atoms with E-state index in [9.17, 15) is 19.5 Å². The van der Waals surface area contributed by atoms with Crippen LogP contribution in [0, 0.1) is 0 Å². The summed E-state index contributed by atoms with van der Waals surface area (Å²) in [6.07, 6.45) is 0.0592. The zero-order chi connectivity index (χ0) is 14.0. The van der Waals surface area contributed by atoms with Gasteiger partial charge < -0.3 is 5.11 Å². The second-order valence-corrected chi connectivity index (χ2v) is 3.91. The Balaban J connectivity index is 2.80. The lowest BCUT2D eigenvalue weighted by molar-refractivity contribution is 0.0982. The minimum Gasteiger partial charge on any atom is -0.493 e. The number of H-pyrrole nitrogens is 1. The molecule has 2 N–H and O–H groups in total. The number of Topliss-reactive ketones (excluding diaryl/α,β-unsaturated/α-hetero) is 1. The molecule has 0 aliphatic rings. The van der Waals surface area contributed by atoms with Crippen molar-refractivity contribution in [2.45, 2.75) is 13.3 Å². The molecule has 1 aromatic carbocycles. The number of aromatic hydroxyl groups is 1. The molecule has 0 fully saturated rings. The summed E-state index contributed by atoms with van der Waals surface area (Å²) in [6.45, 7) is 1.57. The number of ketones is 1. The van der Waals surface area contributed by atoms with Gasteiger partial charge in [0.25, 0.3) is 5.56 Å². The molecule has 0 saturated carbocycles. The highest BCUT2D eigenvalue weighted by Gasteiger charge is 2.20. The fourth-order valence-electron chi connectivity index (χ4n) is 1.77. The van der Waals surface area contributed by atoms with Crippen LogP contribution in [-0.2, 0) is 0 Å². The van der Waals surface area contributed by atoms with Crippen molar-refractivity contribution < 1.29 is 9.90 Å². The molecule has 0 spiro atoms. The smallest absolute Gasteiger partial charge is 0.335 e. The number of hydrogen-bond acceptors (Lipinski definition) is 4. The van der Waals surface area contributed by atoms with Gasteiger partial charge in [-0.15, -0.1) is 0 Å². The summed E-state index contributed by atoms with van der Waals surface area (Å²) in [6, 6.07) is 8.26. The number of aromatic nitrogens is 2. The van der Waals surface area contributed by atoms with Crippen molar-refractivity contribution in [3.05, 3.63) is 56.7 Å². The lowest BCUT2D eigenvalue weighted by atomic mass is 10.1. The minimum atomic E-state index is -0.874. The number of nitrogens with one attached hydrogen (secondary N) is 1. The molecule has 2 aromatic rings. The van der Waals surface area contributed by atoms with Crippen LogP contribution in [0.15, 0.2) is 39.9 Å². The third-order valence-corrected chi connectivity index (χ3v) is 2.70. The molecule has 1 heterocycles. The average Bonchev–Trinajstić information content (AvgIpc) is 2.39. The second kappa shape index (κ2) is 4.93. The van der Waals surface area contributed by atoms with Gasteiger partial charge in [0.2, 0.25) is 5.88 Å². The first-order valence-corrected chi connectivity index (χ1v) is 5.73. The van der Waals surface area contributed by atoms with E-state index in [4.69, 9.17) is 0 Å². The Kier molecular flexibility index (Phi) is 3.33. The van der Waals surface area contributed by atoms with Crippen LogP contribution in [0.5, 0.6) is 5.88 Å². The first kappa shape index (κ1) is 12.8. The number of para-hydroxylation sites is 1. The second-order valence-electron chi connectivity index (χ2n) is 3.91. The number of benzene rings is 1. The zero-order valence-corrected chi connectivity index (χ0v) is 10.2. The van der Waals surface area contributed by atoms with E-state index in [1.807, 2.05) is 4.98 Å². The number of aromatic amines is 1. The van der Waals surface area contributed by atoms with Gasteiger partial charge in [0.1, 0.15) is 5.56 Å². The average molecular weight is 260 g/mol. The Morgan fingerprint density at radius 3 is 2.47 bits per heavy atom. The van der Waals surface area contributed by atoms with Crippen LogP contribution in [0.3, 0.4) is 0 Å². The molecule has 6 heteroatoms. The Labute approximate surface area is 108 Å². The van der Waals surface area contributed by atoms with Crippen molar-refractivity contribution in [2.75, 3.05) is 0 Å². The molecule has 1 aromatic heterocycles. The maximum atomic E-state index is 11.8. The minimum absolute atomic E-state index is 0.0592. The van der Waals surface area contributed by atoms with Gasteiger partial charge in [-0.25, -0.2) is 9.36 Å². The molecule has 19 heavy (non-hydrogen) atoms. The largest absolute Gasteiger partial charge is 0.493 e. The van der Waals surface area contributed by atoms with Crippen molar-refractivity contribution >= 4 is 5.78 Å². The quantitative estimate of drug-likeness (QED) is 0.799. The van der Waals surface area contributed by atoms with E-state index >= 15 is 0 Å². The van der Waals surface area contributed by atoms with Crippen LogP contribution in [0.1, 0.15) is 23.7 Å². The van der Waals surface area contributed by atoms with Gasteiger partial charge in [-0.2, -0.15) is 0 Å². The van der Waals surface area contributed by atoms with Crippen molar-refractivity contribution in [2.24, 2.45) is 0 Å². The van der Waals surface area contributed by atoms with Crippen molar-refractivity contribution in [3.63, 3.8) is 0 Å². The molecular weight excluding hydrogens is 248 g/mol. The number of carbonyl (C=O) groups excluding carboxylic acids is 1. The number of carbonyl (C=O) groups is 1. The lowest BCUT2D eigenvalue weighted by Crippen LogP contribution is -2.32. The van der Waals surface area contributed by atoms with E-state index in [-0.39, 0.29) is 6.42 Å². The van der Waals surface area contributed by atoms with E-state index in [0.29, 0.717) is 5.69 Å².